The third kappa shape index (κ3) is 5.61. The van der Waals surface area contributed by atoms with Crippen LogP contribution in [0, 0.1) is 0 Å². The van der Waals surface area contributed by atoms with Crippen molar-refractivity contribution in [2.24, 2.45) is 0 Å². The molecule has 37 heavy (non-hydrogen) atoms. The van der Waals surface area contributed by atoms with Crippen LogP contribution in [0.4, 0.5) is 0 Å². The molecule has 8 heteroatoms. The number of pyridine rings is 2. The number of aliphatic hydroxyl groups excluding tert-OH is 1. The molecule has 2 saturated heterocycles. The van der Waals surface area contributed by atoms with Gasteiger partial charge in [0.2, 0.25) is 0 Å². The molecular formula is C29H37N5O3. The topological polar surface area (TPSA) is 99.5 Å². The molecule has 1 amide bonds. The molecule has 0 radical (unpaired) electrons. The number of nitrogens with zero attached hydrogens (tertiary/aromatic N) is 3. The van der Waals surface area contributed by atoms with Crippen molar-refractivity contribution in [1.29, 1.82) is 0 Å². The summed E-state index contributed by atoms with van der Waals surface area (Å²) in [6.07, 6.45) is 6.94. The minimum atomic E-state index is -0.460. The fourth-order valence-electron chi connectivity index (χ4n) is 6.11. The van der Waals surface area contributed by atoms with Crippen molar-refractivity contribution in [3.63, 3.8) is 0 Å². The highest BCUT2D eigenvalue weighted by Crippen LogP contribution is 2.36. The maximum Gasteiger partial charge on any atom is 0.264 e. The van der Waals surface area contributed by atoms with Gasteiger partial charge < -0.3 is 20.3 Å². The summed E-state index contributed by atoms with van der Waals surface area (Å²) >= 11 is 0. The Kier molecular flexibility index (Phi) is 7.69. The second-order valence-corrected chi connectivity index (χ2v) is 10.8. The number of hydrogen-bond acceptors (Lipinski definition) is 6. The van der Waals surface area contributed by atoms with Crippen molar-refractivity contribution < 1.29 is 9.90 Å². The molecule has 0 aliphatic carbocycles. The second kappa shape index (κ2) is 11.1. The monoisotopic (exact) mass is 503 g/mol. The van der Waals surface area contributed by atoms with E-state index in [1.165, 1.54) is 0 Å². The largest absolute Gasteiger partial charge is 0.390 e. The number of fused-ring (bicyclic) bond motifs is 3. The van der Waals surface area contributed by atoms with Crippen LogP contribution >= 0.6 is 0 Å². The Morgan fingerprint density at radius 2 is 1.89 bits per heavy atom. The van der Waals surface area contributed by atoms with Gasteiger partial charge in [0.05, 0.1) is 11.6 Å². The quantitative estimate of drug-likeness (QED) is 0.415. The van der Waals surface area contributed by atoms with Crippen LogP contribution in [0.3, 0.4) is 0 Å². The van der Waals surface area contributed by atoms with Gasteiger partial charge in [0.1, 0.15) is 5.56 Å². The van der Waals surface area contributed by atoms with Crippen molar-refractivity contribution in [3.8, 4) is 0 Å². The van der Waals surface area contributed by atoms with Crippen LogP contribution in [-0.2, 0) is 6.54 Å². The van der Waals surface area contributed by atoms with E-state index in [0.29, 0.717) is 31.7 Å². The maximum absolute atomic E-state index is 13.3. The molecule has 0 unspecified atom stereocenters. The van der Waals surface area contributed by atoms with E-state index in [1.54, 1.807) is 16.8 Å². The van der Waals surface area contributed by atoms with Crippen LogP contribution in [0.25, 0.3) is 10.9 Å². The van der Waals surface area contributed by atoms with Gasteiger partial charge in [0.15, 0.2) is 0 Å². The normalized spacial score (nSPS) is 22.4. The van der Waals surface area contributed by atoms with Crippen LogP contribution < -0.4 is 16.2 Å². The molecule has 3 N–H and O–H groups in total. The lowest BCUT2D eigenvalue weighted by Crippen LogP contribution is -2.53. The van der Waals surface area contributed by atoms with Crippen molar-refractivity contribution in [3.05, 3.63) is 76.3 Å². The molecule has 4 heterocycles. The zero-order valence-corrected chi connectivity index (χ0v) is 21.6. The van der Waals surface area contributed by atoms with Gasteiger partial charge in [0, 0.05) is 56.2 Å². The Balaban J connectivity index is 1.19. The molecule has 5 rings (SSSR count). The van der Waals surface area contributed by atoms with Crippen molar-refractivity contribution in [1.82, 2.24) is 25.1 Å². The third-order valence-corrected chi connectivity index (χ3v) is 7.78. The molecule has 2 fully saturated rings. The molecule has 1 aromatic carbocycles. The van der Waals surface area contributed by atoms with Crippen molar-refractivity contribution >= 4 is 16.8 Å². The van der Waals surface area contributed by atoms with E-state index in [0.717, 1.165) is 42.1 Å². The predicted octanol–water partition coefficient (Wildman–Crippen LogP) is 2.85. The average molecular weight is 504 g/mol. The first-order valence-corrected chi connectivity index (χ1v) is 13.4. The molecule has 0 saturated carbocycles. The smallest absolute Gasteiger partial charge is 0.264 e. The summed E-state index contributed by atoms with van der Waals surface area (Å²) in [5.41, 5.74) is 1.91. The lowest BCUT2D eigenvalue weighted by atomic mass is 9.96. The number of carbonyl (C=O) groups is 1. The van der Waals surface area contributed by atoms with E-state index in [1.807, 2.05) is 56.4 Å². The van der Waals surface area contributed by atoms with Crippen LogP contribution in [0.15, 0.2) is 59.7 Å². The van der Waals surface area contributed by atoms with E-state index in [2.05, 4.69) is 20.5 Å². The number of aliphatic hydroxyl groups is 1. The zero-order valence-electron chi connectivity index (χ0n) is 21.6. The number of nitrogens with one attached hydrogen (secondary N) is 2. The van der Waals surface area contributed by atoms with Crippen LogP contribution in [0.5, 0.6) is 0 Å². The number of rotatable bonds is 9. The highest BCUT2D eigenvalue weighted by Gasteiger charge is 2.41. The predicted molar refractivity (Wildman–Crippen MR) is 145 cm³/mol. The maximum atomic E-state index is 13.3. The molecule has 2 aromatic heterocycles. The van der Waals surface area contributed by atoms with Crippen molar-refractivity contribution in [2.45, 2.75) is 76.3 Å². The van der Waals surface area contributed by atoms with Gasteiger partial charge in [-0.1, -0.05) is 24.3 Å². The first-order valence-electron chi connectivity index (χ1n) is 13.4. The second-order valence-electron chi connectivity index (χ2n) is 10.8. The molecule has 196 valence electrons. The molecule has 2 bridgehead atoms. The van der Waals surface area contributed by atoms with Gasteiger partial charge >= 0.3 is 0 Å². The molecule has 3 aromatic rings. The molecule has 2 aliphatic rings. The molecule has 0 spiro atoms. The zero-order chi connectivity index (χ0) is 25.9. The lowest BCUT2D eigenvalue weighted by Gasteiger charge is -2.40. The van der Waals surface area contributed by atoms with Crippen LogP contribution in [0.2, 0.25) is 0 Å². The average Bonchev–Trinajstić information content (AvgIpc) is 3.10. The number of hydrogen-bond donors (Lipinski definition) is 3. The van der Waals surface area contributed by atoms with Crippen LogP contribution in [0.1, 0.15) is 61.5 Å². The Morgan fingerprint density at radius 3 is 2.59 bits per heavy atom. The first-order chi connectivity index (χ1) is 17.9. The van der Waals surface area contributed by atoms with E-state index in [9.17, 15) is 14.7 Å². The fourth-order valence-corrected chi connectivity index (χ4v) is 6.11. The standard InChI is InChI=1S/C29H37N5O3/c1-19(2)34-27-8-4-3-7-21(27)12-26(29(34)37)28(36)32-22-13-23-9-10-24(14-22)33(23)18-25(35)17-31-16-20-6-5-11-30-15-20/h3-8,11-12,15,19,22-25,31,35H,9-10,13-14,16-18H2,1-2H3,(H,32,36)/t23-,24-,25-/m1/s1. The number of benzene rings is 1. The number of piperidine rings is 1. The summed E-state index contributed by atoms with van der Waals surface area (Å²) in [5, 5.41) is 18.0. The highest BCUT2D eigenvalue weighted by molar-refractivity contribution is 5.97. The molecule has 2 aliphatic heterocycles. The van der Waals surface area contributed by atoms with Gasteiger partial charge in [-0.05, 0) is 68.7 Å². The Labute approximate surface area is 217 Å². The van der Waals surface area contributed by atoms with Gasteiger partial charge in [0.25, 0.3) is 11.5 Å². The van der Waals surface area contributed by atoms with E-state index in [4.69, 9.17) is 0 Å². The Morgan fingerprint density at radius 1 is 1.14 bits per heavy atom. The summed E-state index contributed by atoms with van der Waals surface area (Å²) in [6, 6.07) is 14.0. The molecule has 8 nitrogen and oxygen atoms in total. The van der Waals surface area contributed by atoms with Gasteiger partial charge in [-0.15, -0.1) is 0 Å². The Hall–Kier alpha value is -3.07. The summed E-state index contributed by atoms with van der Waals surface area (Å²) in [5.74, 6) is -0.289. The summed E-state index contributed by atoms with van der Waals surface area (Å²) in [7, 11) is 0. The number of amides is 1. The van der Waals surface area contributed by atoms with Gasteiger partial charge in [-0.2, -0.15) is 0 Å². The first kappa shape index (κ1) is 25.6. The molecule has 3 atom stereocenters. The number of aromatic nitrogens is 2. The van der Waals surface area contributed by atoms with E-state index >= 15 is 0 Å². The minimum Gasteiger partial charge on any atom is -0.390 e. The number of para-hydroxylation sites is 1. The third-order valence-electron chi connectivity index (χ3n) is 7.78. The van der Waals surface area contributed by atoms with E-state index < -0.39 is 6.10 Å². The molecular weight excluding hydrogens is 466 g/mol. The van der Waals surface area contributed by atoms with Crippen LogP contribution in [-0.4, -0.2) is 62.8 Å². The SMILES string of the molecule is CC(C)n1c(=O)c(C(=O)NC2C[C@H]3CC[C@H](C2)N3C[C@H](O)CNCc2cccnc2)cc2ccccc21. The summed E-state index contributed by atoms with van der Waals surface area (Å²) in [4.78, 5) is 33.1. The minimum absolute atomic E-state index is 0.0282. The van der Waals surface area contributed by atoms with E-state index in [-0.39, 0.29) is 29.1 Å². The number of carbonyl (C=O) groups excluding carboxylic acids is 1. The Bertz CT molecular complexity index is 1280. The lowest BCUT2D eigenvalue weighted by molar-refractivity contribution is 0.0502. The van der Waals surface area contributed by atoms with Crippen molar-refractivity contribution in [2.75, 3.05) is 13.1 Å². The van der Waals surface area contributed by atoms with Gasteiger partial charge in [-0.3, -0.25) is 19.5 Å². The summed E-state index contributed by atoms with van der Waals surface area (Å²) < 4.78 is 1.71. The highest BCUT2D eigenvalue weighted by atomic mass is 16.3. The summed E-state index contributed by atoms with van der Waals surface area (Å²) in [6.45, 7) is 5.76. The van der Waals surface area contributed by atoms with Gasteiger partial charge in [-0.25, -0.2) is 0 Å². The fraction of sp³-hybridized carbons (Fsp3) is 0.483.